The molecule has 0 spiro atoms. The second-order valence-electron chi connectivity index (χ2n) is 6.70. The Bertz CT molecular complexity index is 967. The molecule has 0 aliphatic carbocycles. The molecular weight excluding hydrogens is 366 g/mol. The van der Waals surface area contributed by atoms with Gasteiger partial charge in [-0.25, -0.2) is 4.98 Å². The van der Waals surface area contributed by atoms with Crippen LogP contribution in [-0.4, -0.2) is 62.3 Å². The zero-order chi connectivity index (χ0) is 20.8. The highest BCUT2D eigenvalue weighted by molar-refractivity contribution is 6.00. The molecule has 1 atom stereocenters. The normalized spacial score (nSPS) is 17.9. The Kier molecular flexibility index (Phi) is 6.56. The number of ether oxygens (including phenoxy) is 1. The number of allylic oxidation sites excluding steroid dienone is 2. The van der Waals surface area contributed by atoms with Crippen molar-refractivity contribution in [3.8, 4) is 0 Å². The zero-order valence-corrected chi connectivity index (χ0v) is 17.0. The first kappa shape index (κ1) is 20.5. The third-order valence-electron chi connectivity index (χ3n) is 4.96. The van der Waals surface area contributed by atoms with E-state index in [1.165, 1.54) is 12.4 Å². The largest absolute Gasteiger partial charge is 0.388 e. The van der Waals surface area contributed by atoms with E-state index in [1.54, 1.807) is 25.4 Å². The van der Waals surface area contributed by atoms with Gasteiger partial charge in [0.15, 0.2) is 0 Å². The SMILES string of the molecule is CN/C(=C\C=N)c1cc(N2CCOC[C@H]2C)nc2c(/C(=C/C=N)NC)nccc12. The van der Waals surface area contributed by atoms with Crippen molar-refractivity contribution in [2.45, 2.75) is 13.0 Å². The van der Waals surface area contributed by atoms with Crippen molar-refractivity contribution in [2.24, 2.45) is 0 Å². The van der Waals surface area contributed by atoms with Gasteiger partial charge in [0.2, 0.25) is 0 Å². The fourth-order valence-electron chi connectivity index (χ4n) is 3.53. The predicted octanol–water partition coefficient (Wildman–Crippen LogP) is 2.27. The van der Waals surface area contributed by atoms with Gasteiger partial charge in [0.05, 0.1) is 25.0 Å². The lowest BCUT2D eigenvalue weighted by Gasteiger charge is -2.34. The molecular formula is C21H27N7O. The molecule has 1 aliphatic rings. The highest BCUT2D eigenvalue weighted by atomic mass is 16.5. The van der Waals surface area contributed by atoms with E-state index in [4.69, 9.17) is 20.5 Å². The number of hydrogen-bond acceptors (Lipinski definition) is 8. The second-order valence-corrected chi connectivity index (χ2v) is 6.70. The molecule has 8 heteroatoms. The summed E-state index contributed by atoms with van der Waals surface area (Å²) in [6.45, 7) is 4.19. The van der Waals surface area contributed by atoms with E-state index in [-0.39, 0.29) is 6.04 Å². The van der Waals surface area contributed by atoms with Crippen LogP contribution in [0.2, 0.25) is 0 Å². The molecule has 0 bridgehead atoms. The molecule has 0 amide bonds. The smallest absolute Gasteiger partial charge is 0.130 e. The molecule has 0 unspecified atom stereocenters. The maximum atomic E-state index is 7.53. The zero-order valence-electron chi connectivity index (χ0n) is 17.0. The van der Waals surface area contributed by atoms with E-state index in [2.05, 4.69) is 33.5 Å². The maximum absolute atomic E-state index is 7.53. The van der Waals surface area contributed by atoms with Crippen molar-refractivity contribution in [2.75, 3.05) is 38.8 Å². The van der Waals surface area contributed by atoms with Gasteiger partial charge in [-0.05, 0) is 31.2 Å². The summed E-state index contributed by atoms with van der Waals surface area (Å²) in [5.41, 5.74) is 3.92. The van der Waals surface area contributed by atoms with Crippen LogP contribution in [0.1, 0.15) is 18.2 Å². The summed E-state index contributed by atoms with van der Waals surface area (Å²) < 4.78 is 5.59. The van der Waals surface area contributed by atoms with Gasteiger partial charge in [0.1, 0.15) is 17.0 Å². The van der Waals surface area contributed by atoms with Crippen LogP contribution in [-0.2, 0) is 4.74 Å². The molecule has 1 fully saturated rings. The van der Waals surface area contributed by atoms with Gasteiger partial charge in [-0.2, -0.15) is 0 Å². The quantitative estimate of drug-likeness (QED) is 0.537. The van der Waals surface area contributed by atoms with Gasteiger partial charge in [0, 0.05) is 55.9 Å². The minimum atomic E-state index is 0.201. The average Bonchev–Trinajstić information content (AvgIpc) is 2.75. The van der Waals surface area contributed by atoms with E-state index in [1.807, 2.05) is 13.1 Å². The number of nitrogens with one attached hydrogen (secondary N) is 4. The highest BCUT2D eigenvalue weighted by Gasteiger charge is 2.23. The Morgan fingerprint density at radius 3 is 2.59 bits per heavy atom. The third kappa shape index (κ3) is 4.12. The van der Waals surface area contributed by atoms with Crippen LogP contribution < -0.4 is 15.5 Å². The van der Waals surface area contributed by atoms with Crippen molar-refractivity contribution in [3.05, 3.63) is 41.7 Å². The Morgan fingerprint density at radius 2 is 1.93 bits per heavy atom. The monoisotopic (exact) mass is 393 g/mol. The molecule has 152 valence electrons. The minimum Gasteiger partial charge on any atom is -0.388 e. The molecule has 2 aromatic heterocycles. The number of anilines is 1. The van der Waals surface area contributed by atoms with Gasteiger partial charge in [-0.15, -0.1) is 0 Å². The summed E-state index contributed by atoms with van der Waals surface area (Å²) in [6, 6.07) is 4.19. The Balaban J connectivity index is 2.33. The van der Waals surface area contributed by atoms with Crippen molar-refractivity contribution in [1.29, 1.82) is 10.8 Å². The van der Waals surface area contributed by atoms with Crippen LogP contribution in [0.25, 0.3) is 22.3 Å². The lowest BCUT2D eigenvalue weighted by molar-refractivity contribution is 0.0985. The van der Waals surface area contributed by atoms with Gasteiger partial charge >= 0.3 is 0 Å². The van der Waals surface area contributed by atoms with Crippen LogP contribution in [0.15, 0.2) is 30.5 Å². The number of rotatable bonds is 7. The molecule has 0 aromatic carbocycles. The van der Waals surface area contributed by atoms with Gasteiger partial charge in [0.25, 0.3) is 0 Å². The van der Waals surface area contributed by atoms with Crippen LogP contribution in [0, 0.1) is 10.8 Å². The molecule has 0 saturated carbocycles. The first-order chi connectivity index (χ1) is 14.1. The Labute approximate surface area is 170 Å². The third-order valence-corrected chi connectivity index (χ3v) is 4.96. The minimum absolute atomic E-state index is 0.201. The number of hydrogen-bond donors (Lipinski definition) is 4. The van der Waals surface area contributed by atoms with Crippen LogP contribution >= 0.6 is 0 Å². The first-order valence-electron chi connectivity index (χ1n) is 9.56. The van der Waals surface area contributed by atoms with E-state index < -0.39 is 0 Å². The Hall–Kier alpha value is -3.26. The van der Waals surface area contributed by atoms with Gasteiger partial charge in [-0.3, -0.25) is 4.98 Å². The molecule has 0 radical (unpaired) electrons. The topological polar surface area (TPSA) is 110 Å². The molecule has 29 heavy (non-hydrogen) atoms. The summed E-state index contributed by atoms with van der Waals surface area (Å²) in [6.07, 6.45) is 7.64. The van der Waals surface area contributed by atoms with Gasteiger partial charge in [-0.1, -0.05) is 0 Å². The number of aromatic nitrogens is 2. The fraction of sp³-hybridized carbons (Fsp3) is 0.333. The van der Waals surface area contributed by atoms with Crippen molar-refractivity contribution < 1.29 is 4.74 Å². The lowest BCUT2D eigenvalue weighted by atomic mass is 10.0. The summed E-state index contributed by atoms with van der Waals surface area (Å²) >= 11 is 0. The molecule has 1 saturated heterocycles. The van der Waals surface area contributed by atoms with Crippen molar-refractivity contribution >= 4 is 40.5 Å². The molecule has 2 aromatic rings. The molecule has 3 heterocycles. The fourth-order valence-corrected chi connectivity index (χ4v) is 3.53. The van der Waals surface area contributed by atoms with Crippen LogP contribution in [0.5, 0.6) is 0 Å². The number of fused-ring (bicyclic) bond motifs is 1. The van der Waals surface area contributed by atoms with E-state index >= 15 is 0 Å². The van der Waals surface area contributed by atoms with Gasteiger partial charge < -0.3 is 31.1 Å². The Morgan fingerprint density at radius 1 is 1.21 bits per heavy atom. The number of nitrogens with zero attached hydrogens (tertiary/aromatic N) is 3. The highest BCUT2D eigenvalue weighted by Crippen LogP contribution is 2.31. The maximum Gasteiger partial charge on any atom is 0.130 e. The summed E-state index contributed by atoms with van der Waals surface area (Å²) in [5, 5.41) is 22.2. The predicted molar refractivity (Wildman–Crippen MR) is 119 cm³/mol. The summed E-state index contributed by atoms with van der Waals surface area (Å²) in [4.78, 5) is 11.8. The first-order valence-corrected chi connectivity index (χ1v) is 9.56. The number of pyridine rings is 2. The summed E-state index contributed by atoms with van der Waals surface area (Å²) in [5.74, 6) is 0.842. The molecule has 4 N–H and O–H groups in total. The van der Waals surface area contributed by atoms with E-state index in [0.29, 0.717) is 18.9 Å². The van der Waals surface area contributed by atoms with Crippen LogP contribution in [0.3, 0.4) is 0 Å². The second kappa shape index (κ2) is 9.29. The van der Waals surface area contributed by atoms with E-state index in [9.17, 15) is 0 Å². The lowest BCUT2D eigenvalue weighted by Crippen LogP contribution is -2.44. The molecule has 8 nitrogen and oxygen atoms in total. The molecule has 1 aliphatic heterocycles. The van der Waals surface area contributed by atoms with E-state index in [0.717, 1.165) is 40.2 Å². The van der Waals surface area contributed by atoms with Crippen LogP contribution in [0.4, 0.5) is 5.82 Å². The van der Waals surface area contributed by atoms with Crippen molar-refractivity contribution in [1.82, 2.24) is 20.6 Å². The number of morpholine rings is 1. The average molecular weight is 393 g/mol. The summed E-state index contributed by atoms with van der Waals surface area (Å²) in [7, 11) is 3.65. The standard InChI is InChI=1S/C21H27N7O/c1-14-13-29-11-10-28(14)19-12-16(17(24-2)4-7-22)15-6-9-26-21(20(15)27-19)18(25-3)5-8-23/h4-9,12,14,22-25H,10-11,13H2,1-3H3/b17-4-,18-5-,22-7?,23-8?/t14-/m1/s1. The molecule has 3 rings (SSSR count). The van der Waals surface area contributed by atoms with Crippen molar-refractivity contribution in [3.63, 3.8) is 0 Å².